The summed E-state index contributed by atoms with van der Waals surface area (Å²) in [5.41, 5.74) is 0.922. The van der Waals surface area contributed by atoms with Crippen molar-refractivity contribution in [2.45, 2.75) is 30.8 Å². The number of rotatable bonds is 8. The van der Waals surface area contributed by atoms with E-state index in [9.17, 15) is 0 Å². The summed E-state index contributed by atoms with van der Waals surface area (Å²) in [6, 6.07) is 0. The molecule has 0 aromatic carbocycles. The summed E-state index contributed by atoms with van der Waals surface area (Å²) >= 11 is 1.57. The Kier molecular flexibility index (Phi) is 5.28. The average Bonchev–Trinajstić information content (AvgIpc) is 3.01. The Bertz CT molecular complexity index is 493. The van der Waals surface area contributed by atoms with Gasteiger partial charge in [0.25, 0.3) is 0 Å². The van der Waals surface area contributed by atoms with Crippen molar-refractivity contribution in [3.8, 4) is 0 Å². The van der Waals surface area contributed by atoms with Gasteiger partial charge in [0.05, 0.1) is 12.2 Å². The van der Waals surface area contributed by atoms with E-state index in [-0.39, 0.29) is 0 Å². The summed E-state index contributed by atoms with van der Waals surface area (Å²) in [4.78, 5) is 0. The summed E-state index contributed by atoms with van der Waals surface area (Å²) in [7, 11) is 1.85. The molecule has 1 N–H and O–H groups in total. The van der Waals surface area contributed by atoms with Crippen LogP contribution in [0.15, 0.2) is 11.4 Å². The lowest BCUT2D eigenvalue weighted by Crippen LogP contribution is -2.21. The van der Waals surface area contributed by atoms with Gasteiger partial charge in [-0.05, 0) is 23.4 Å². The Hall–Kier alpha value is -1.48. The van der Waals surface area contributed by atoms with Crippen molar-refractivity contribution in [1.29, 1.82) is 0 Å². The van der Waals surface area contributed by atoms with Crippen molar-refractivity contribution in [3.05, 3.63) is 11.9 Å². The zero-order valence-corrected chi connectivity index (χ0v) is 12.0. The third-order valence-corrected chi connectivity index (χ3v) is 3.42. The smallest absolute Gasteiger partial charge is 0.209 e. The maximum atomic E-state index is 4.03. The molecule has 8 nitrogen and oxygen atoms in total. The van der Waals surface area contributed by atoms with Gasteiger partial charge in [-0.3, -0.25) is 4.68 Å². The van der Waals surface area contributed by atoms with Crippen molar-refractivity contribution in [2.24, 2.45) is 7.05 Å². The molecule has 0 aliphatic carbocycles. The van der Waals surface area contributed by atoms with E-state index in [2.05, 4.69) is 38.1 Å². The molecule has 2 aromatic rings. The maximum absolute atomic E-state index is 4.03. The molecule has 0 amide bonds. The van der Waals surface area contributed by atoms with E-state index < -0.39 is 0 Å². The number of hydrogen-bond donors (Lipinski definition) is 1. The van der Waals surface area contributed by atoms with Crippen molar-refractivity contribution < 1.29 is 0 Å². The van der Waals surface area contributed by atoms with Gasteiger partial charge in [0, 0.05) is 25.5 Å². The van der Waals surface area contributed by atoms with Gasteiger partial charge >= 0.3 is 0 Å². The van der Waals surface area contributed by atoms with Crippen molar-refractivity contribution in [3.63, 3.8) is 0 Å². The first-order valence-electron chi connectivity index (χ1n) is 6.24. The monoisotopic (exact) mass is 282 g/mol. The Morgan fingerprint density at radius 2 is 2.16 bits per heavy atom. The van der Waals surface area contributed by atoms with Gasteiger partial charge in [0.1, 0.15) is 0 Å². The number of aromatic nitrogens is 7. The molecule has 2 heterocycles. The highest BCUT2D eigenvalue weighted by molar-refractivity contribution is 7.98. The predicted octanol–water partition coefficient (Wildman–Crippen LogP) is 0.0935. The van der Waals surface area contributed by atoms with Gasteiger partial charge in [-0.1, -0.05) is 23.9 Å². The zero-order chi connectivity index (χ0) is 13.5. The lowest BCUT2D eigenvalue weighted by atomic mass is 10.5. The highest BCUT2D eigenvalue weighted by Crippen LogP contribution is 2.17. The Labute approximate surface area is 115 Å². The van der Waals surface area contributed by atoms with E-state index in [0.717, 1.165) is 42.7 Å². The minimum absolute atomic E-state index is 0.719. The standard InChI is InChI=1S/C10H18N8S/c1-3-4-11-5-6-18-10(13-14-16-18)19-8-9-7-17(2)15-12-9/h7,11H,3-6,8H2,1-2H3. The highest BCUT2D eigenvalue weighted by Gasteiger charge is 2.08. The molecule has 0 saturated carbocycles. The summed E-state index contributed by atoms with van der Waals surface area (Å²) < 4.78 is 3.50. The molecule has 19 heavy (non-hydrogen) atoms. The van der Waals surface area contributed by atoms with Crippen molar-refractivity contribution in [1.82, 2.24) is 40.5 Å². The lowest BCUT2D eigenvalue weighted by Gasteiger charge is -2.04. The fourth-order valence-electron chi connectivity index (χ4n) is 1.53. The molecule has 104 valence electrons. The largest absolute Gasteiger partial charge is 0.315 e. The number of nitrogens with one attached hydrogen (secondary N) is 1. The quantitative estimate of drug-likeness (QED) is 0.542. The predicted molar refractivity (Wildman–Crippen MR) is 71.5 cm³/mol. The highest BCUT2D eigenvalue weighted by atomic mass is 32.2. The summed E-state index contributed by atoms with van der Waals surface area (Å²) in [6.45, 7) is 4.81. The van der Waals surface area contributed by atoms with Crippen LogP contribution in [-0.4, -0.2) is 48.3 Å². The molecule has 0 saturated heterocycles. The second kappa shape index (κ2) is 7.19. The first-order valence-corrected chi connectivity index (χ1v) is 7.23. The van der Waals surface area contributed by atoms with Gasteiger partial charge < -0.3 is 5.32 Å². The van der Waals surface area contributed by atoms with Crippen LogP contribution < -0.4 is 5.32 Å². The van der Waals surface area contributed by atoms with Crippen molar-refractivity contribution >= 4 is 11.8 Å². The second-order valence-electron chi connectivity index (χ2n) is 4.11. The minimum atomic E-state index is 0.719. The maximum Gasteiger partial charge on any atom is 0.209 e. The molecule has 2 rings (SSSR count). The van der Waals surface area contributed by atoms with Gasteiger partial charge in [0.15, 0.2) is 0 Å². The Morgan fingerprint density at radius 1 is 1.26 bits per heavy atom. The minimum Gasteiger partial charge on any atom is -0.315 e. The normalized spacial score (nSPS) is 11.1. The number of nitrogens with zero attached hydrogens (tertiary/aromatic N) is 7. The van der Waals surface area contributed by atoms with Crippen LogP contribution in [0.5, 0.6) is 0 Å². The van der Waals surface area contributed by atoms with E-state index in [4.69, 9.17) is 0 Å². The average molecular weight is 282 g/mol. The molecular weight excluding hydrogens is 264 g/mol. The molecule has 0 unspecified atom stereocenters. The van der Waals surface area contributed by atoms with E-state index in [1.165, 1.54) is 0 Å². The second-order valence-corrected chi connectivity index (χ2v) is 5.05. The number of hydrogen-bond acceptors (Lipinski definition) is 7. The first kappa shape index (κ1) is 13.9. The fraction of sp³-hybridized carbons (Fsp3) is 0.700. The third kappa shape index (κ3) is 4.28. The molecule has 0 spiro atoms. The van der Waals surface area contributed by atoms with E-state index >= 15 is 0 Å². The van der Waals surface area contributed by atoms with Crippen molar-refractivity contribution in [2.75, 3.05) is 13.1 Å². The summed E-state index contributed by atoms with van der Waals surface area (Å²) in [6.07, 6.45) is 3.02. The molecule has 0 radical (unpaired) electrons. The van der Waals surface area contributed by atoms with Gasteiger partial charge in [-0.15, -0.1) is 10.2 Å². The zero-order valence-electron chi connectivity index (χ0n) is 11.2. The van der Waals surface area contributed by atoms with Crippen LogP contribution in [-0.2, 0) is 19.3 Å². The third-order valence-electron chi connectivity index (χ3n) is 2.43. The number of tetrazole rings is 1. The number of aryl methyl sites for hydroxylation is 1. The summed E-state index contributed by atoms with van der Waals surface area (Å²) in [5.74, 6) is 0.719. The van der Waals surface area contributed by atoms with Gasteiger partial charge in [0.2, 0.25) is 5.16 Å². The SMILES string of the molecule is CCCNCCn1nnnc1SCc1cn(C)nn1. The van der Waals surface area contributed by atoms with Crippen LogP contribution in [0.3, 0.4) is 0 Å². The molecular formula is C10H18N8S. The number of thioether (sulfide) groups is 1. The van der Waals surface area contributed by atoms with Crippen LogP contribution in [0, 0.1) is 0 Å². The van der Waals surface area contributed by atoms with E-state index in [0.29, 0.717) is 0 Å². The van der Waals surface area contributed by atoms with Crippen LogP contribution in [0.1, 0.15) is 19.0 Å². The Morgan fingerprint density at radius 3 is 2.89 bits per heavy atom. The Balaban J connectivity index is 1.81. The van der Waals surface area contributed by atoms with E-state index in [1.54, 1.807) is 16.4 Å². The molecule has 2 aromatic heterocycles. The molecule has 0 aliphatic rings. The molecule has 0 bridgehead atoms. The molecule has 0 atom stereocenters. The van der Waals surface area contributed by atoms with Crippen LogP contribution in [0.4, 0.5) is 0 Å². The fourth-order valence-corrected chi connectivity index (χ4v) is 2.31. The topological polar surface area (TPSA) is 86.3 Å². The van der Waals surface area contributed by atoms with Crippen LogP contribution >= 0.6 is 11.8 Å². The van der Waals surface area contributed by atoms with Crippen LogP contribution in [0.2, 0.25) is 0 Å². The molecule has 0 fully saturated rings. The van der Waals surface area contributed by atoms with Crippen LogP contribution in [0.25, 0.3) is 0 Å². The molecule has 9 heteroatoms. The van der Waals surface area contributed by atoms with E-state index in [1.807, 2.05) is 17.9 Å². The first-order chi connectivity index (χ1) is 9.29. The summed E-state index contributed by atoms with van der Waals surface area (Å²) in [5, 5.41) is 23.8. The molecule has 0 aliphatic heterocycles. The lowest BCUT2D eigenvalue weighted by molar-refractivity contribution is 0.510. The van der Waals surface area contributed by atoms with Gasteiger partial charge in [-0.2, -0.15) is 0 Å². The van der Waals surface area contributed by atoms with Gasteiger partial charge in [-0.25, -0.2) is 4.68 Å².